The second kappa shape index (κ2) is 8.75. The molecule has 0 aliphatic carbocycles. The zero-order valence-electron chi connectivity index (χ0n) is 17.5. The second-order valence-corrected chi connectivity index (χ2v) is 8.70. The van der Waals surface area contributed by atoms with Gasteiger partial charge in [-0.1, -0.05) is 72.3 Å². The lowest BCUT2D eigenvalue weighted by Gasteiger charge is -2.30. The monoisotopic (exact) mass is 408 g/mol. The van der Waals surface area contributed by atoms with Crippen LogP contribution in [0.2, 0.25) is 5.15 Å². The first-order valence-electron chi connectivity index (χ1n) is 9.81. The number of nitrogens with two attached hydrogens (primary N) is 1. The number of anilines is 3. The number of benzene rings is 2. The van der Waals surface area contributed by atoms with Crippen molar-refractivity contribution in [3.05, 3.63) is 82.5 Å². The van der Waals surface area contributed by atoms with Crippen molar-refractivity contribution >= 4 is 28.8 Å². The lowest BCUT2D eigenvalue weighted by molar-refractivity contribution is 0.633. The van der Waals surface area contributed by atoms with Gasteiger partial charge in [-0.2, -0.15) is 0 Å². The molecule has 4 nitrogen and oxygen atoms in total. The molecular weight excluding hydrogens is 380 g/mol. The minimum Gasteiger partial charge on any atom is -0.394 e. The Labute approximate surface area is 178 Å². The van der Waals surface area contributed by atoms with Crippen molar-refractivity contribution < 1.29 is 0 Å². The SMILES string of the molecule is Cc1c(Cl)nc(N(Cc2ccccc2)Cc2ccccc2)c(N)c1NC(C)(C)C. The van der Waals surface area contributed by atoms with E-state index in [-0.39, 0.29) is 5.54 Å². The molecule has 0 unspecified atom stereocenters. The smallest absolute Gasteiger partial charge is 0.156 e. The summed E-state index contributed by atoms with van der Waals surface area (Å²) in [6.07, 6.45) is 0. The summed E-state index contributed by atoms with van der Waals surface area (Å²) >= 11 is 6.54. The maximum Gasteiger partial charge on any atom is 0.156 e. The summed E-state index contributed by atoms with van der Waals surface area (Å²) in [5.74, 6) is 0.694. The van der Waals surface area contributed by atoms with Gasteiger partial charge in [-0.15, -0.1) is 0 Å². The van der Waals surface area contributed by atoms with Crippen molar-refractivity contribution in [2.45, 2.75) is 46.3 Å². The molecule has 0 bridgehead atoms. The van der Waals surface area contributed by atoms with Crippen LogP contribution in [-0.2, 0) is 13.1 Å². The number of rotatable bonds is 6. The Kier molecular flexibility index (Phi) is 6.33. The van der Waals surface area contributed by atoms with Gasteiger partial charge in [0.15, 0.2) is 5.82 Å². The van der Waals surface area contributed by atoms with Gasteiger partial charge in [0.05, 0.1) is 11.4 Å². The Morgan fingerprint density at radius 1 is 0.931 bits per heavy atom. The van der Waals surface area contributed by atoms with Gasteiger partial charge in [0.25, 0.3) is 0 Å². The fourth-order valence-electron chi connectivity index (χ4n) is 3.24. The number of hydrogen-bond acceptors (Lipinski definition) is 4. The summed E-state index contributed by atoms with van der Waals surface area (Å²) in [6.45, 7) is 9.62. The minimum absolute atomic E-state index is 0.148. The molecule has 152 valence electrons. The molecule has 5 heteroatoms. The van der Waals surface area contributed by atoms with E-state index in [0.717, 1.165) is 11.3 Å². The average molecular weight is 409 g/mol. The van der Waals surface area contributed by atoms with E-state index in [2.05, 4.69) is 60.2 Å². The van der Waals surface area contributed by atoms with Crippen LogP contribution in [-0.4, -0.2) is 10.5 Å². The predicted octanol–water partition coefficient (Wildman–Crippen LogP) is 6.04. The van der Waals surface area contributed by atoms with Gasteiger partial charge in [-0.25, -0.2) is 4.98 Å². The largest absolute Gasteiger partial charge is 0.394 e. The first-order chi connectivity index (χ1) is 13.7. The van der Waals surface area contributed by atoms with Crippen molar-refractivity contribution in [2.75, 3.05) is 16.0 Å². The summed E-state index contributed by atoms with van der Waals surface area (Å²) in [5, 5.41) is 3.97. The highest BCUT2D eigenvalue weighted by atomic mass is 35.5. The molecule has 0 spiro atoms. The molecule has 3 rings (SSSR count). The predicted molar refractivity (Wildman–Crippen MR) is 125 cm³/mol. The van der Waals surface area contributed by atoms with E-state index in [1.165, 1.54) is 11.1 Å². The molecule has 0 saturated heterocycles. The Morgan fingerprint density at radius 3 is 1.86 bits per heavy atom. The zero-order valence-corrected chi connectivity index (χ0v) is 18.3. The Bertz CT molecular complexity index is 909. The van der Waals surface area contributed by atoms with Crippen LogP contribution < -0.4 is 16.0 Å². The first kappa shape index (κ1) is 21.0. The van der Waals surface area contributed by atoms with Crippen LogP contribution in [0, 0.1) is 6.92 Å². The standard InChI is InChI=1S/C24H29ClN4/c1-17-21(28-24(2,3)4)20(26)23(27-22(17)25)29(15-18-11-7-5-8-12-18)16-19-13-9-6-10-14-19/h5-14H,15-16,26H2,1-4H3,(H,27,28). The molecule has 29 heavy (non-hydrogen) atoms. The number of nitrogen functional groups attached to an aromatic ring is 1. The highest BCUT2D eigenvalue weighted by molar-refractivity contribution is 6.31. The molecule has 2 aromatic carbocycles. The van der Waals surface area contributed by atoms with Crippen LogP contribution in [0.1, 0.15) is 37.5 Å². The lowest BCUT2D eigenvalue weighted by atomic mass is 10.1. The maximum atomic E-state index is 6.64. The van der Waals surface area contributed by atoms with Gasteiger partial charge < -0.3 is 16.0 Å². The van der Waals surface area contributed by atoms with Crippen molar-refractivity contribution in [2.24, 2.45) is 0 Å². The molecule has 3 N–H and O–H groups in total. The Morgan fingerprint density at radius 2 is 1.41 bits per heavy atom. The summed E-state index contributed by atoms with van der Waals surface area (Å²) in [7, 11) is 0. The Hall–Kier alpha value is -2.72. The van der Waals surface area contributed by atoms with E-state index in [9.17, 15) is 0 Å². The van der Waals surface area contributed by atoms with Crippen LogP contribution >= 0.6 is 11.6 Å². The molecule has 0 amide bonds. The Balaban J connectivity index is 2.06. The van der Waals surface area contributed by atoms with Crippen LogP contribution in [0.4, 0.5) is 17.2 Å². The number of halogens is 1. The molecule has 1 aromatic heterocycles. The normalized spacial score (nSPS) is 11.3. The number of hydrogen-bond donors (Lipinski definition) is 2. The van der Waals surface area contributed by atoms with E-state index in [4.69, 9.17) is 17.3 Å². The molecule has 0 radical (unpaired) electrons. The highest BCUT2D eigenvalue weighted by Crippen LogP contribution is 2.38. The lowest BCUT2D eigenvalue weighted by Crippen LogP contribution is -2.29. The summed E-state index contributed by atoms with van der Waals surface area (Å²) in [4.78, 5) is 6.86. The quantitative estimate of drug-likeness (QED) is 0.488. The van der Waals surface area contributed by atoms with E-state index in [1.54, 1.807) is 0 Å². The molecule has 0 atom stereocenters. The van der Waals surface area contributed by atoms with Crippen molar-refractivity contribution in [1.82, 2.24) is 4.98 Å². The maximum absolute atomic E-state index is 6.64. The average Bonchev–Trinajstić information content (AvgIpc) is 2.68. The van der Waals surface area contributed by atoms with Crippen molar-refractivity contribution in [1.29, 1.82) is 0 Å². The van der Waals surface area contributed by atoms with Gasteiger partial charge in [0.2, 0.25) is 0 Å². The van der Waals surface area contributed by atoms with Crippen LogP contribution in [0.5, 0.6) is 0 Å². The van der Waals surface area contributed by atoms with E-state index in [0.29, 0.717) is 29.7 Å². The summed E-state index contributed by atoms with van der Waals surface area (Å²) in [5.41, 5.74) is 11.2. The van der Waals surface area contributed by atoms with Gasteiger partial charge in [0, 0.05) is 24.2 Å². The zero-order chi connectivity index (χ0) is 21.0. The number of nitrogens with zero attached hydrogens (tertiary/aromatic N) is 2. The van der Waals surface area contributed by atoms with Crippen LogP contribution in [0.3, 0.4) is 0 Å². The fourth-order valence-corrected chi connectivity index (χ4v) is 3.42. The molecule has 0 fully saturated rings. The van der Waals surface area contributed by atoms with Crippen LogP contribution in [0.15, 0.2) is 60.7 Å². The number of pyridine rings is 1. The third-order valence-corrected chi connectivity index (χ3v) is 5.00. The fraction of sp³-hybridized carbons (Fsp3) is 0.292. The topological polar surface area (TPSA) is 54.2 Å². The third-order valence-electron chi connectivity index (χ3n) is 4.63. The third kappa shape index (κ3) is 5.42. The van der Waals surface area contributed by atoms with Crippen molar-refractivity contribution in [3.8, 4) is 0 Å². The van der Waals surface area contributed by atoms with E-state index < -0.39 is 0 Å². The molecule has 1 heterocycles. The molecule has 0 aliphatic rings. The van der Waals surface area contributed by atoms with E-state index >= 15 is 0 Å². The molecular formula is C24H29ClN4. The van der Waals surface area contributed by atoms with E-state index in [1.807, 2.05) is 43.3 Å². The summed E-state index contributed by atoms with van der Waals surface area (Å²) < 4.78 is 0. The van der Waals surface area contributed by atoms with Gasteiger partial charge in [-0.3, -0.25) is 0 Å². The van der Waals surface area contributed by atoms with Crippen LogP contribution in [0.25, 0.3) is 0 Å². The number of aromatic nitrogens is 1. The summed E-state index contributed by atoms with van der Waals surface area (Å²) in [6, 6.07) is 20.6. The van der Waals surface area contributed by atoms with Gasteiger partial charge >= 0.3 is 0 Å². The van der Waals surface area contributed by atoms with Crippen molar-refractivity contribution in [3.63, 3.8) is 0 Å². The van der Waals surface area contributed by atoms with Gasteiger partial charge in [-0.05, 0) is 38.8 Å². The molecule has 0 saturated carbocycles. The molecule has 0 aliphatic heterocycles. The second-order valence-electron chi connectivity index (χ2n) is 8.34. The first-order valence-corrected chi connectivity index (χ1v) is 10.2. The number of nitrogens with one attached hydrogen (secondary N) is 1. The van der Waals surface area contributed by atoms with Gasteiger partial charge in [0.1, 0.15) is 5.15 Å². The molecule has 3 aromatic rings. The highest BCUT2D eigenvalue weighted by Gasteiger charge is 2.22. The minimum atomic E-state index is -0.148.